The molecule has 1 aliphatic heterocycles. The number of carbonyl (C=O) groups excluding carboxylic acids is 2. The first-order chi connectivity index (χ1) is 11.5. The predicted octanol–water partition coefficient (Wildman–Crippen LogP) is 3.06. The van der Waals surface area contributed by atoms with E-state index >= 15 is 0 Å². The molecule has 3 rings (SSSR count). The molecule has 0 saturated carbocycles. The summed E-state index contributed by atoms with van der Waals surface area (Å²) in [5, 5.41) is 11.1. The monoisotopic (exact) mass is 388 g/mol. The molecule has 0 fully saturated rings. The molecular weight excluding hydrogens is 372 g/mol. The molecule has 24 heavy (non-hydrogen) atoms. The predicted molar refractivity (Wildman–Crippen MR) is 93.9 cm³/mol. The largest absolute Gasteiger partial charge is 0.375 e. The molecule has 1 unspecified atom stereocenters. The summed E-state index contributed by atoms with van der Waals surface area (Å²) in [7, 11) is 0. The summed E-state index contributed by atoms with van der Waals surface area (Å²) in [6, 6.07) is 10.3. The summed E-state index contributed by atoms with van der Waals surface area (Å²) < 4.78 is 0.746. The fraction of sp³-hybridized carbons (Fsp3) is 0.278. The lowest BCUT2D eigenvalue weighted by Gasteiger charge is -2.22. The van der Waals surface area contributed by atoms with Crippen molar-refractivity contribution in [3.63, 3.8) is 0 Å². The molecule has 1 atom stereocenters. The molecule has 1 amide bonds. The number of anilines is 1. The van der Waals surface area contributed by atoms with Crippen LogP contribution in [-0.2, 0) is 10.4 Å². The van der Waals surface area contributed by atoms with Crippen LogP contribution in [0.3, 0.4) is 0 Å². The minimum atomic E-state index is -1.86. The van der Waals surface area contributed by atoms with Crippen molar-refractivity contribution in [3.8, 4) is 0 Å². The van der Waals surface area contributed by atoms with Gasteiger partial charge in [0.2, 0.25) is 0 Å². The second-order valence-corrected chi connectivity index (χ2v) is 6.71. The van der Waals surface area contributed by atoms with Crippen LogP contribution < -0.4 is 4.90 Å². The summed E-state index contributed by atoms with van der Waals surface area (Å²) in [4.78, 5) is 30.9. The summed E-state index contributed by atoms with van der Waals surface area (Å²) in [5.74, 6) is -0.822. The average Bonchev–Trinajstić information content (AvgIpc) is 2.78. The van der Waals surface area contributed by atoms with Crippen LogP contribution in [0, 0.1) is 0 Å². The molecule has 0 bridgehead atoms. The third-order valence-corrected chi connectivity index (χ3v) is 4.60. The van der Waals surface area contributed by atoms with Crippen molar-refractivity contribution < 1.29 is 14.7 Å². The minimum Gasteiger partial charge on any atom is -0.375 e. The first-order valence-electron chi connectivity index (χ1n) is 7.76. The number of carbonyl (C=O) groups is 2. The molecule has 2 heterocycles. The number of ketones is 1. The van der Waals surface area contributed by atoms with Gasteiger partial charge in [-0.1, -0.05) is 28.9 Å². The smallest absolute Gasteiger partial charge is 0.264 e. The second-order valence-electron chi connectivity index (χ2n) is 5.79. The fourth-order valence-corrected chi connectivity index (χ4v) is 3.35. The van der Waals surface area contributed by atoms with Crippen molar-refractivity contribution in [3.05, 3.63) is 58.3 Å². The fourth-order valence-electron chi connectivity index (χ4n) is 2.99. The Labute approximate surface area is 148 Å². The number of benzene rings is 1. The van der Waals surface area contributed by atoms with E-state index in [0.717, 1.165) is 10.9 Å². The SMILES string of the molecule is CCCN1C(=O)C(O)(CC(=O)c2ccccn2)c2cc(Br)ccc21. The Hall–Kier alpha value is -2.05. The van der Waals surface area contributed by atoms with E-state index < -0.39 is 11.5 Å². The number of aromatic nitrogens is 1. The number of rotatable bonds is 5. The molecule has 0 spiro atoms. The Kier molecular flexibility index (Phi) is 4.51. The molecule has 1 aromatic carbocycles. The van der Waals surface area contributed by atoms with Crippen molar-refractivity contribution in [2.75, 3.05) is 11.4 Å². The lowest BCUT2D eigenvalue weighted by molar-refractivity contribution is -0.135. The van der Waals surface area contributed by atoms with E-state index in [9.17, 15) is 14.7 Å². The van der Waals surface area contributed by atoms with Crippen molar-refractivity contribution in [1.29, 1.82) is 0 Å². The number of Topliss-reactive ketones (excluding diaryl/α,β-unsaturated/α-hetero) is 1. The number of halogens is 1. The molecule has 2 aromatic rings. The molecule has 6 heteroatoms. The molecule has 0 radical (unpaired) electrons. The maximum Gasteiger partial charge on any atom is 0.264 e. The number of hydrogen-bond acceptors (Lipinski definition) is 4. The summed E-state index contributed by atoms with van der Waals surface area (Å²) in [5.41, 5.74) is -0.506. The Balaban J connectivity index is 2.01. The van der Waals surface area contributed by atoms with Crippen LogP contribution >= 0.6 is 15.9 Å². The Morgan fingerprint density at radius 1 is 1.33 bits per heavy atom. The highest BCUT2D eigenvalue weighted by atomic mass is 79.9. The molecule has 0 aliphatic carbocycles. The van der Waals surface area contributed by atoms with Gasteiger partial charge in [0.05, 0.1) is 12.1 Å². The average molecular weight is 389 g/mol. The highest BCUT2D eigenvalue weighted by molar-refractivity contribution is 9.10. The van der Waals surface area contributed by atoms with Crippen LogP contribution in [0.1, 0.15) is 35.8 Å². The summed E-state index contributed by atoms with van der Waals surface area (Å²) >= 11 is 3.37. The van der Waals surface area contributed by atoms with Crippen LogP contribution in [0.2, 0.25) is 0 Å². The Morgan fingerprint density at radius 2 is 2.12 bits per heavy atom. The van der Waals surface area contributed by atoms with Crippen molar-refractivity contribution in [2.45, 2.75) is 25.4 Å². The zero-order valence-corrected chi connectivity index (χ0v) is 14.8. The van der Waals surface area contributed by atoms with Gasteiger partial charge in [-0.25, -0.2) is 0 Å². The van der Waals surface area contributed by atoms with Gasteiger partial charge >= 0.3 is 0 Å². The normalized spacial score (nSPS) is 19.5. The quantitative estimate of drug-likeness (QED) is 0.798. The van der Waals surface area contributed by atoms with Crippen molar-refractivity contribution >= 4 is 33.3 Å². The Bertz CT molecular complexity index is 794. The lowest BCUT2D eigenvalue weighted by atomic mass is 9.89. The van der Waals surface area contributed by atoms with Crippen molar-refractivity contribution in [1.82, 2.24) is 4.98 Å². The van der Waals surface area contributed by atoms with E-state index in [2.05, 4.69) is 20.9 Å². The van der Waals surface area contributed by atoms with Crippen LogP contribution in [-0.4, -0.2) is 28.3 Å². The van der Waals surface area contributed by atoms with Gasteiger partial charge < -0.3 is 10.0 Å². The maximum absolute atomic E-state index is 12.8. The third-order valence-electron chi connectivity index (χ3n) is 4.11. The van der Waals surface area contributed by atoms with Gasteiger partial charge in [0.1, 0.15) is 5.69 Å². The third kappa shape index (κ3) is 2.76. The second kappa shape index (κ2) is 6.45. The van der Waals surface area contributed by atoms with Crippen LogP contribution in [0.25, 0.3) is 0 Å². The highest BCUT2D eigenvalue weighted by Crippen LogP contribution is 2.44. The maximum atomic E-state index is 12.8. The molecular formula is C18H17BrN2O3. The van der Waals surface area contributed by atoms with Gasteiger partial charge in [-0.15, -0.1) is 0 Å². The van der Waals surface area contributed by atoms with E-state index in [1.54, 1.807) is 35.2 Å². The molecule has 1 aliphatic rings. The van der Waals surface area contributed by atoms with Crippen molar-refractivity contribution in [2.24, 2.45) is 0 Å². The Morgan fingerprint density at radius 3 is 2.79 bits per heavy atom. The molecule has 1 N–H and O–H groups in total. The van der Waals surface area contributed by atoms with E-state index in [4.69, 9.17) is 0 Å². The van der Waals surface area contributed by atoms with E-state index in [0.29, 0.717) is 17.8 Å². The molecule has 1 aromatic heterocycles. The zero-order valence-electron chi connectivity index (χ0n) is 13.2. The lowest BCUT2D eigenvalue weighted by Crippen LogP contribution is -2.42. The van der Waals surface area contributed by atoms with Gasteiger partial charge in [-0.05, 0) is 36.8 Å². The first kappa shape index (κ1) is 16.8. The summed E-state index contributed by atoms with van der Waals surface area (Å²) in [6.45, 7) is 2.45. The molecule has 0 saturated heterocycles. The number of pyridine rings is 1. The number of aliphatic hydroxyl groups is 1. The van der Waals surface area contributed by atoms with Gasteiger partial charge in [-0.3, -0.25) is 14.6 Å². The van der Waals surface area contributed by atoms with E-state index in [1.807, 2.05) is 13.0 Å². The van der Waals surface area contributed by atoms with Gasteiger partial charge in [0, 0.05) is 22.8 Å². The van der Waals surface area contributed by atoms with Crippen LogP contribution in [0.4, 0.5) is 5.69 Å². The van der Waals surface area contributed by atoms with E-state index in [1.165, 1.54) is 6.20 Å². The standard InChI is InChI=1S/C18H17BrN2O3/c1-2-9-21-15-7-6-12(19)10-13(15)18(24,17(21)23)11-16(22)14-5-3-4-8-20-14/h3-8,10,24H,2,9,11H2,1H3. The number of hydrogen-bond donors (Lipinski definition) is 1. The summed E-state index contributed by atoms with van der Waals surface area (Å²) in [6.07, 6.45) is 1.94. The molecule has 124 valence electrons. The number of nitrogens with zero attached hydrogens (tertiary/aromatic N) is 2. The van der Waals surface area contributed by atoms with E-state index in [-0.39, 0.29) is 17.9 Å². The highest BCUT2D eigenvalue weighted by Gasteiger charge is 2.50. The van der Waals surface area contributed by atoms with Crippen LogP contribution in [0.15, 0.2) is 47.1 Å². The minimum absolute atomic E-state index is 0.240. The first-order valence-corrected chi connectivity index (χ1v) is 8.55. The number of amides is 1. The topological polar surface area (TPSA) is 70.5 Å². The zero-order chi connectivity index (χ0) is 17.3. The molecule has 5 nitrogen and oxygen atoms in total. The van der Waals surface area contributed by atoms with Gasteiger partial charge in [0.25, 0.3) is 5.91 Å². The van der Waals surface area contributed by atoms with Gasteiger partial charge in [0.15, 0.2) is 11.4 Å². The number of fused-ring (bicyclic) bond motifs is 1. The van der Waals surface area contributed by atoms with Crippen LogP contribution in [0.5, 0.6) is 0 Å². The van der Waals surface area contributed by atoms with Gasteiger partial charge in [-0.2, -0.15) is 0 Å².